The van der Waals surface area contributed by atoms with Gasteiger partial charge < -0.3 is 4.74 Å². The normalized spacial score (nSPS) is 17.2. The second kappa shape index (κ2) is 12.6. The first-order valence-electron chi connectivity index (χ1n) is 12.8. The molecule has 1 saturated carbocycles. The molecule has 38 heavy (non-hydrogen) atoms. The van der Waals surface area contributed by atoms with Gasteiger partial charge in [-0.3, -0.25) is 0 Å². The van der Waals surface area contributed by atoms with E-state index in [9.17, 15) is 22.4 Å². The minimum atomic E-state index is -1.69. The Morgan fingerprint density at radius 3 is 2.13 bits per heavy atom. The first-order valence-corrected chi connectivity index (χ1v) is 12.8. The molecule has 0 aromatic heterocycles. The molecule has 0 unspecified atom stereocenters. The molecule has 0 amide bonds. The summed E-state index contributed by atoms with van der Waals surface area (Å²) in [6, 6.07) is 12.5. The Bertz CT molecular complexity index is 1350. The van der Waals surface area contributed by atoms with Crippen LogP contribution in [0.3, 0.4) is 0 Å². The fourth-order valence-electron chi connectivity index (χ4n) is 4.66. The number of carbonyl (C=O) groups is 1. The van der Waals surface area contributed by atoms with E-state index in [-0.39, 0.29) is 0 Å². The molecule has 196 valence electrons. The summed E-state index contributed by atoms with van der Waals surface area (Å²) >= 11 is 0. The van der Waals surface area contributed by atoms with Gasteiger partial charge in [0.25, 0.3) is 0 Å². The van der Waals surface area contributed by atoms with Gasteiger partial charge >= 0.3 is 5.97 Å². The minimum Gasteiger partial charge on any atom is -0.423 e. The van der Waals surface area contributed by atoms with Gasteiger partial charge in [0.15, 0.2) is 17.5 Å². The number of halogens is 4. The summed E-state index contributed by atoms with van der Waals surface area (Å²) < 4.78 is 59.0. The molecule has 2 nitrogen and oxygen atoms in total. The Balaban J connectivity index is 1.35. The Morgan fingerprint density at radius 2 is 1.50 bits per heavy atom. The summed E-state index contributed by atoms with van der Waals surface area (Å²) in [5.74, 6) is -0.0453. The molecular formula is C32H28F4O2. The van der Waals surface area contributed by atoms with Gasteiger partial charge in [-0.2, -0.15) is 0 Å². The number of rotatable bonds is 6. The van der Waals surface area contributed by atoms with Crippen LogP contribution in [0.15, 0.2) is 60.7 Å². The van der Waals surface area contributed by atoms with E-state index in [1.807, 2.05) is 24.3 Å². The number of hydrogen-bond acceptors (Lipinski definition) is 2. The largest absolute Gasteiger partial charge is 0.423 e. The van der Waals surface area contributed by atoms with Crippen LogP contribution in [-0.2, 0) is 0 Å². The van der Waals surface area contributed by atoms with E-state index < -0.39 is 40.6 Å². The van der Waals surface area contributed by atoms with Gasteiger partial charge in [-0.25, -0.2) is 22.4 Å². The molecule has 0 aliphatic heterocycles. The van der Waals surface area contributed by atoms with Crippen molar-refractivity contribution in [1.29, 1.82) is 0 Å². The van der Waals surface area contributed by atoms with Crippen molar-refractivity contribution in [3.63, 3.8) is 0 Å². The van der Waals surface area contributed by atoms with E-state index in [1.54, 1.807) is 0 Å². The van der Waals surface area contributed by atoms with E-state index in [0.29, 0.717) is 23.6 Å². The van der Waals surface area contributed by atoms with E-state index >= 15 is 0 Å². The van der Waals surface area contributed by atoms with Gasteiger partial charge in [-0.15, -0.1) is 0 Å². The Labute approximate surface area is 220 Å². The number of esters is 1. The van der Waals surface area contributed by atoms with Crippen molar-refractivity contribution in [1.82, 2.24) is 0 Å². The average molecular weight is 521 g/mol. The van der Waals surface area contributed by atoms with Crippen LogP contribution in [0, 0.1) is 46.9 Å². The molecular weight excluding hydrogens is 492 g/mol. The summed E-state index contributed by atoms with van der Waals surface area (Å²) in [6.07, 6.45) is 12.2. The van der Waals surface area contributed by atoms with Crippen LogP contribution in [0.5, 0.6) is 5.75 Å². The Kier molecular flexibility index (Phi) is 9.02. The number of carbonyl (C=O) groups excluding carboxylic acids is 1. The zero-order valence-electron chi connectivity index (χ0n) is 21.1. The van der Waals surface area contributed by atoms with Crippen LogP contribution in [0.25, 0.3) is 6.08 Å². The van der Waals surface area contributed by atoms with Gasteiger partial charge in [0.05, 0.1) is 5.56 Å². The monoisotopic (exact) mass is 520 g/mol. The Hall–Kier alpha value is -3.85. The maximum Gasteiger partial charge on any atom is 0.346 e. The fourth-order valence-corrected chi connectivity index (χ4v) is 4.66. The third kappa shape index (κ3) is 7.13. The standard InChI is InChI=1S/C32H28F4O2/c1-2-3-21-4-6-22(7-5-21)8-9-23-10-12-24(13-11-23)14-15-25-16-17-27(28(33)18-25)32(37)38-26-19-29(34)31(36)30(35)20-26/h8-13,16-22H,2-7H2,1H3. The Morgan fingerprint density at radius 1 is 0.868 bits per heavy atom. The van der Waals surface area contributed by atoms with Gasteiger partial charge in [-0.05, 0) is 73.4 Å². The summed E-state index contributed by atoms with van der Waals surface area (Å²) in [7, 11) is 0. The third-order valence-electron chi connectivity index (χ3n) is 6.77. The van der Waals surface area contributed by atoms with Crippen molar-refractivity contribution >= 4 is 12.0 Å². The average Bonchev–Trinajstić information content (AvgIpc) is 2.91. The number of ether oxygens (including phenoxy) is 1. The first-order chi connectivity index (χ1) is 18.3. The molecule has 0 atom stereocenters. The predicted octanol–water partition coefficient (Wildman–Crippen LogP) is 8.48. The van der Waals surface area contributed by atoms with Gasteiger partial charge in [-0.1, -0.05) is 55.9 Å². The van der Waals surface area contributed by atoms with Crippen LogP contribution in [0.4, 0.5) is 17.6 Å². The highest BCUT2D eigenvalue weighted by atomic mass is 19.2. The summed E-state index contributed by atoms with van der Waals surface area (Å²) in [4.78, 5) is 12.2. The first kappa shape index (κ1) is 27.2. The van der Waals surface area contributed by atoms with E-state index in [1.165, 1.54) is 50.7 Å². The van der Waals surface area contributed by atoms with Crippen LogP contribution >= 0.6 is 0 Å². The lowest BCUT2D eigenvalue weighted by Crippen LogP contribution is -2.12. The SMILES string of the molecule is CCCC1CCC(C=Cc2ccc(C#Cc3ccc(C(=O)Oc4cc(F)c(F)c(F)c4)c(F)c3)cc2)CC1. The van der Waals surface area contributed by atoms with Gasteiger partial charge in [0.1, 0.15) is 11.6 Å². The van der Waals surface area contributed by atoms with Crippen LogP contribution in [0.1, 0.15) is 72.5 Å². The molecule has 0 radical (unpaired) electrons. The molecule has 1 aliphatic carbocycles. The maximum absolute atomic E-state index is 14.5. The van der Waals surface area contributed by atoms with E-state index in [4.69, 9.17) is 4.74 Å². The lowest BCUT2D eigenvalue weighted by Gasteiger charge is -2.26. The molecule has 0 bridgehead atoms. The van der Waals surface area contributed by atoms with Gasteiger partial charge in [0, 0.05) is 23.3 Å². The fraction of sp³-hybridized carbons (Fsp3) is 0.281. The molecule has 0 saturated heterocycles. The van der Waals surface area contributed by atoms with Crippen molar-refractivity contribution in [2.24, 2.45) is 11.8 Å². The zero-order chi connectivity index (χ0) is 27.1. The summed E-state index contributed by atoms with van der Waals surface area (Å²) in [5.41, 5.74) is 1.74. The molecule has 1 aliphatic rings. The van der Waals surface area contributed by atoms with Crippen LogP contribution in [-0.4, -0.2) is 5.97 Å². The summed E-state index contributed by atoms with van der Waals surface area (Å²) in [6.45, 7) is 2.25. The highest BCUT2D eigenvalue weighted by molar-refractivity contribution is 5.91. The minimum absolute atomic E-state index is 0.334. The molecule has 3 aromatic carbocycles. The maximum atomic E-state index is 14.5. The van der Waals surface area contributed by atoms with Gasteiger partial charge in [0.2, 0.25) is 0 Å². The van der Waals surface area contributed by atoms with Crippen molar-refractivity contribution in [2.75, 3.05) is 0 Å². The topological polar surface area (TPSA) is 26.3 Å². The molecule has 1 fully saturated rings. The smallest absolute Gasteiger partial charge is 0.346 e. The van der Waals surface area contributed by atoms with Crippen LogP contribution < -0.4 is 4.74 Å². The van der Waals surface area contributed by atoms with Crippen LogP contribution in [0.2, 0.25) is 0 Å². The molecule has 6 heteroatoms. The third-order valence-corrected chi connectivity index (χ3v) is 6.77. The number of hydrogen-bond donors (Lipinski definition) is 0. The molecule has 3 aromatic rings. The van der Waals surface area contributed by atoms with Crippen molar-refractivity contribution < 1.29 is 27.1 Å². The molecule has 0 heterocycles. The van der Waals surface area contributed by atoms with E-state index in [2.05, 4.69) is 30.9 Å². The van der Waals surface area contributed by atoms with E-state index in [0.717, 1.165) is 23.1 Å². The van der Waals surface area contributed by atoms with Crippen molar-refractivity contribution in [2.45, 2.75) is 45.4 Å². The molecule has 4 rings (SSSR count). The zero-order valence-corrected chi connectivity index (χ0v) is 21.1. The molecule has 0 spiro atoms. The predicted molar refractivity (Wildman–Crippen MR) is 139 cm³/mol. The quantitative estimate of drug-likeness (QED) is 0.107. The highest BCUT2D eigenvalue weighted by Crippen LogP contribution is 2.32. The number of allylic oxidation sites excluding steroid dienone is 1. The second-order valence-electron chi connectivity index (χ2n) is 9.59. The lowest BCUT2D eigenvalue weighted by atomic mass is 9.80. The van der Waals surface area contributed by atoms with Crippen molar-refractivity contribution in [3.05, 3.63) is 106 Å². The van der Waals surface area contributed by atoms with Crippen molar-refractivity contribution in [3.8, 4) is 17.6 Å². The summed E-state index contributed by atoms with van der Waals surface area (Å²) in [5, 5.41) is 0. The second-order valence-corrected chi connectivity index (χ2v) is 9.59. The number of benzene rings is 3. The highest BCUT2D eigenvalue weighted by Gasteiger charge is 2.19. The molecule has 0 N–H and O–H groups in total. The lowest BCUT2D eigenvalue weighted by molar-refractivity contribution is 0.0728.